The van der Waals surface area contributed by atoms with E-state index in [0.29, 0.717) is 11.5 Å². The highest BCUT2D eigenvalue weighted by molar-refractivity contribution is 5.94. The fraction of sp³-hybridized carbons (Fsp3) is 0.286. The molecular formula is C14H15NO5. The molecule has 0 aromatic heterocycles. The maximum Gasteiger partial charge on any atom is 0.326 e. The molecule has 1 aliphatic rings. The van der Waals surface area contributed by atoms with Crippen LogP contribution >= 0.6 is 0 Å². The third-order valence-corrected chi connectivity index (χ3v) is 3.10. The number of nitrogens with zero attached hydrogens (tertiary/aromatic N) is 1. The molecule has 6 heteroatoms. The summed E-state index contributed by atoms with van der Waals surface area (Å²) in [5.74, 6) is -0.119. The summed E-state index contributed by atoms with van der Waals surface area (Å²) in [7, 11) is 1.45. The predicted molar refractivity (Wildman–Crippen MR) is 71.5 cm³/mol. The summed E-state index contributed by atoms with van der Waals surface area (Å²) < 4.78 is 10.4. The molecule has 2 rings (SSSR count). The molecule has 1 aromatic carbocycles. The average molecular weight is 277 g/mol. The van der Waals surface area contributed by atoms with Crippen LogP contribution in [0.3, 0.4) is 0 Å². The molecule has 106 valence electrons. The largest absolute Gasteiger partial charge is 0.480 e. The lowest BCUT2D eigenvalue weighted by Crippen LogP contribution is -2.39. The first kappa shape index (κ1) is 13.9. The third kappa shape index (κ3) is 2.90. The first-order valence-electron chi connectivity index (χ1n) is 6.06. The van der Waals surface area contributed by atoms with E-state index in [1.807, 2.05) is 0 Å². The smallest absolute Gasteiger partial charge is 0.326 e. The number of amides is 1. The van der Waals surface area contributed by atoms with Crippen molar-refractivity contribution in [2.75, 3.05) is 13.8 Å². The van der Waals surface area contributed by atoms with Gasteiger partial charge in [-0.2, -0.15) is 0 Å². The van der Waals surface area contributed by atoms with Crippen LogP contribution in [0.15, 0.2) is 24.3 Å². The zero-order valence-corrected chi connectivity index (χ0v) is 11.2. The molecule has 1 N–H and O–H groups in total. The van der Waals surface area contributed by atoms with Crippen LogP contribution in [0.4, 0.5) is 0 Å². The number of carboxylic acids is 1. The van der Waals surface area contributed by atoms with Gasteiger partial charge in [0.2, 0.25) is 12.7 Å². The topological polar surface area (TPSA) is 76.1 Å². The molecule has 0 fully saturated rings. The lowest BCUT2D eigenvalue weighted by molar-refractivity contribution is -0.146. The Labute approximate surface area is 116 Å². The molecule has 0 spiro atoms. The van der Waals surface area contributed by atoms with Gasteiger partial charge in [0.05, 0.1) is 0 Å². The quantitative estimate of drug-likeness (QED) is 0.841. The van der Waals surface area contributed by atoms with Crippen LogP contribution in [0, 0.1) is 0 Å². The van der Waals surface area contributed by atoms with Gasteiger partial charge in [0.1, 0.15) is 6.04 Å². The Morgan fingerprint density at radius 3 is 2.75 bits per heavy atom. The number of carboxylic acid groups (broad SMARTS) is 1. The van der Waals surface area contributed by atoms with Gasteiger partial charge < -0.3 is 19.5 Å². The number of ether oxygens (including phenoxy) is 2. The number of likely N-dealkylation sites (N-methyl/N-ethyl adjacent to an activating group) is 1. The molecule has 0 bridgehead atoms. The normalized spacial score (nSPS) is 14.3. The zero-order valence-electron chi connectivity index (χ0n) is 11.2. The molecule has 0 aliphatic carbocycles. The number of benzene rings is 1. The molecule has 0 unspecified atom stereocenters. The van der Waals surface area contributed by atoms with E-state index in [1.54, 1.807) is 24.3 Å². The van der Waals surface area contributed by atoms with E-state index in [9.17, 15) is 9.59 Å². The Morgan fingerprint density at radius 2 is 2.05 bits per heavy atom. The van der Waals surface area contributed by atoms with Crippen molar-refractivity contribution >= 4 is 18.0 Å². The maximum absolute atomic E-state index is 11.8. The lowest BCUT2D eigenvalue weighted by Gasteiger charge is -2.19. The summed E-state index contributed by atoms with van der Waals surface area (Å²) in [5, 5.41) is 8.84. The molecule has 1 atom stereocenters. The molecule has 6 nitrogen and oxygen atoms in total. The first-order valence-corrected chi connectivity index (χ1v) is 6.06. The Kier molecular flexibility index (Phi) is 3.93. The Bertz CT molecular complexity index is 567. The van der Waals surface area contributed by atoms with Crippen molar-refractivity contribution in [1.29, 1.82) is 0 Å². The fourth-order valence-corrected chi connectivity index (χ4v) is 1.66. The number of hydrogen-bond donors (Lipinski definition) is 1. The van der Waals surface area contributed by atoms with Gasteiger partial charge in [-0.3, -0.25) is 4.79 Å². The highest BCUT2D eigenvalue weighted by atomic mass is 16.7. The van der Waals surface area contributed by atoms with Crippen LogP contribution in [0.5, 0.6) is 11.5 Å². The van der Waals surface area contributed by atoms with Crippen molar-refractivity contribution in [3.05, 3.63) is 29.8 Å². The van der Waals surface area contributed by atoms with E-state index in [0.717, 1.165) is 10.5 Å². The summed E-state index contributed by atoms with van der Waals surface area (Å²) in [6.45, 7) is 1.65. The molecule has 1 aliphatic heterocycles. The Hall–Kier alpha value is -2.50. The second kappa shape index (κ2) is 5.64. The van der Waals surface area contributed by atoms with Gasteiger partial charge in [-0.15, -0.1) is 0 Å². The summed E-state index contributed by atoms with van der Waals surface area (Å²) in [4.78, 5) is 23.8. The van der Waals surface area contributed by atoms with Gasteiger partial charge in [-0.05, 0) is 30.7 Å². The molecule has 0 radical (unpaired) electrons. The second-order valence-corrected chi connectivity index (χ2v) is 4.41. The van der Waals surface area contributed by atoms with Gasteiger partial charge in [-0.25, -0.2) is 4.79 Å². The minimum absolute atomic E-state index is 0.195. The van der Waals surface area contributed by atoms with Crippen molar-refractivity contribution in [1.82, 2.24) is 4.90 Å². The van der Waals surface area contributed by atoms with Gasteiger partial charge in [0, 0.05) is 13.1 Å². The van der Waals surface area contributed by atoms with Crippen molar-refractivity contribution < 1.29 is 24.2 Å². The van der Waals surface area contributed by atoms with Gasteiger partial charge >= 0.3 is 5.97 Å². The Balaban J connectivity index is 2.05. The minimum Gasteiger partial charge on any atom is -0.480 e. The summed E-state index contributed by atoms with van der Waals surface area (Å²) in [6.07, 6.45) is 2.94. The zero-order chi connectivity index (χ0) is 14.7. The van der Waals surface area contributed by atoms with Crippen LogP contribution < -0.4 is 9.47 Å². The van der Waals surface area contributed by atoms with Crippen molar-refractivity contribution in [3.8, 4) is 11.5 Å². The first-order chi connectivity index (χ1) is 9.49. The molecule has 20 heavy (non-hydrogen) atoms. The lowest BCUT2D eigenvalue weighted by atomic mass is 10.2. The highest BCUT2D eigenvalue weighted by Crippen LogP contribution is 2.32. The molecular weight excluding hydrogens is 262 g/mol. The molecule has 1 amide bonds. The van der Waals surface area contributed by atoms with Crippen LogP contribution in [0.25, 0.3) is 6.08 Å². The van der Waals surface area contributed by atoms with Gasteiger partial charge in [-0.1, -0.05) is 6.07 Å². The minimum atomic E-state index is -1.04. The van der Waals surface area contributed by atoms with Crippen LogP contribution in [0.1, 0.15) is 12.5 Å². The van der Waals surface area contributed by atoms with Crippen LogP contribution in [-0.4, -0.2) is 41.8 Å². The molecule has 1 aromatic rings. The van der Waals surface area contributed by atoms with E-state index in [4.69, 9.17) is 14.6 Å². The summed E-state index contributed by atoms with van der Waals surface area (Å²) >= 11 is 0. The van der Waals surface area contributed by atoms with Crippen LogP contribution in [0.2, 0.25) is 0 Å². The molecule has 0 saturated carbocycles. The van der Waals surface area contributed by atoms with Crippen LogP contribution in [-0.2, 0) is 9.59 Å². The predicted octanol–water partition coefficient (Wildman–Crippen LogP) is 1.36. The fourth-order valence-electron chi connectivity index (χ4n) is 1.66. The van der Waals surface area contributed by atoms with E-state index in [-0.39, 0.29) is 12.7 Å². The number of hydrogen-bond acceptors (Lipinski definition) is 4. The SMILES string of the molecule is C[C@H](C(=O)O)N(C)C(=O)/C=C\c1ccc2c(c1)OCO2. The summed E-state index contributed by atoms with van der Waals surface area (Å²) in [5.41, 5.74) is 0.777. The summed E-state index contributed by atoms with van der Waals surface area (Å²) in [6, 6.07) is 4.43. The van der Waals surface area contributed by atoms with Crippen molar-refractivity contribution in [3.63, 3.8) is 0 Å². The highest BCUT2D eigenvalue weighted by Gasteiger charge is 2.19. The van der Waals surface area contributed by atoms with E-state index >= 15 is 0 Å². The average Bonchev–Trinajstić information content (AvgIpc) is 2.90. The van der Waals surface area contributed by atoms with E-state index < -0.39 is 12.0 Å². The number of carbonyl (C=O) groups excluding carboxylic acids is 1. The molecule has 0 saturated heterocycles. The molecule has 1 heterocycles. The number of fused-ring (bicyclic) bond motifs is 1. The number of aliphatic carboxylic acids is 1. The standard InChI is InChI=1S/C14H15NO5/c1-9(14(17)18)15(2)13(16)6-4-10-3-5-11-12(7-10)20-8-19-11/h3-7,9H,8H2,1-2H3,(H,17,18)/b6-4-/t9-/m1/s1. The second-order valence-electron chi connectivity index (χ2n) is 4.41. The number of carbonyl (C=O) groups is 2. The van der Waals surface area contributed by atoms with E-state index in [2.05, 4.69) is 0 Å². The van der Waals surface area contributed by atoms with Gasteiger partial charge in [0.25, 0.3) is 0 Å². The van der Waals surface area contributed by atoms with Crippen molar-refractivity contribution in [2.24, 2.45) is 0 Å². The number of rotatable bonds is 4. The maximum atomic E-state index is 11.8. The van der Waals surface area contributed by atoms with Crippen molar-refractivity contribution in [2.45, 2.75) is 13.0 Å². The van der Waals surface area contributed by atoms with Gasteiger partial charge in [0.15, 0.2) is 11.5 Å². The van der Waals surface area contributed by atoms with E-state index in [1.165, 1.54) is 20.0 Å². The third-order valence-electron chi connectivity index (χ3n) is 3.10. The monoisotopic (exact) mass is 277 g/mol. The Morgan fingerprint density at radius 1 is 1.35 bits per heavy atom.